The van der Waals surface area contributed by atoms with E-state index in [0.717, 1.165) is 18.8 Å². The van der Waals surface area contributed by atoms with Crippen molar-refractivity contribution in [2.45, 2.75) is 13.1 Å². The molecule has 1 aromatic heterocycles. The number of benzene rings is 1. The maximum absolute atomic E-state index is 3.47. The summed E-state index contributed by atoms with van der Waals surface area (Å²) < 4.78 is 1.19. The van der Waals surface area contributed by atoms with Crippen LogP contribution in [0.2, 0.25) is 0 Å². The quantitative estimate of drug-likeness (QED) is 0.876. The van der Waals surface area contributed by atoms with Gasteiger partial charge < -0.3 is 10.6 Å². The van der Waals surface area contributed by atoms with E-state index in [1.165, 1.54) is 14.2 Å². The molecule has 0 aliphatic rings. The van der Waals surface area contributed by atoms with Gasteiger partial charge >= 0.3 is 0 Å². The Kier molecular flexibility index (Phi) is 4.59. The first-order valence-electron chi connectivity index (χ1n) is 5.49. The first-order valence-corrected chi connectivity index (χ1v) is 7.10. The van der Waals surface area contributed by atoms with Crippen molar-refractivity contribution in [2.75, 3.05) is 12.4 Å². The van der Waals surface area contributed by atoms with Gasteiger partial charge in [0.15, 0.2) is 0 Å². The molecule has 0 bridgehead atoms. The van der Waals surface area contributed by atoms with Crippen LogP contribution < -0.4 is 10.6 Å². The Balaban J connectivity index is 1.85. The zero-order valence-electron chi connectivity index (χ0n) is 9.66. The van der Waals surface area contributed by atoms with Gasteiger partial charge in [0.1, 0.15) is 0 Å². The number of hydrogen-bond acceptors (Lipinski definition) is 3. The van der Waals surface area contributed by atoms with Gasteiger partial charge in [0.2, 0.25) is 0 Å². The van der Waals surface area contributed by atoms with E-state index in [0.29, 0.717) is 0 Å². The summed E-state index contributed by atoms with van der Waals surface area (Å²) >= 11 is 5.24. The van der Waals surface area contributed by atoms with Crippen LogP contribution in [0.5, 0.6) is 0 Å². The van der Waals surface area contributed by atoms with E-state index in [2.05, 4.69) is 63.0 Å². The molecule has 0 radical (unpaired) electrons. The topological polar surface area (TPSA) is 24.1 Å². The molecule has 0 saturated carbocycles. The summed E-state index contributed by atoms with van der Waals surface area (Å²) in [7, 11) is 1.94. The second kappa shape index (κ2) is 6.19. The largest absolute Gasteiger partial charge is 0.388 e. The normalized spacial score (nSPS) is 10.5. The molecule has 0 unspecified atom stereocenters. The van der Waals surface area contributed by atoms with E-state index >= 15 is 0 Å². The number of halogens is 1. The summed E-state index contributed by atoms with van der Waals surface area (Å²) in [4.78, 5) is 1.35. The minimum atomic E-state index is 0.894. The first-order chi connectivity index (χ1) is 8.28. The molecule has 17 heavy (non-hydrogen) atoms. The van der Waals surface area contributed by atoms with Crippen LogP contribution in [0, 0.1) is 0 Å². The molecule has 0 aliphatic carbocycles. The third-order valence-corrected chi connectivity index (χ3v) is 4.10. The van der Waals surface area contributed by atoms with E-state index in [4.69, 9.17) is 0 Å². The number of anilines is 1. The molecule has 0 amide bonds. The summed E-state index contributed by atoms with van der Waals surface area (Å²) in [6.45, 7) is 1.81. The standard InChI is InChI=1S/C13H15BrN2S/c1-15-11-4-2-3-10(7-11)8-16-9-12-5-6-13(14)17-12/h2-7,15-16H,8-9H2,1H3. The average Bonchev–Trinajstić information content (AvgIpc) is 2.75. The Morgan fingerprint density at radius 2 is 2.06 bits per heavy atom. The summed E-state index contributed by atoms with van der Waals surface area (Å²) in [6, 6.07) is 12.7. The third kappa shape index (κ3) is 3.84. The van der Waals surface area contributed by atoms with Crippen molar-refractivity contribution in [1.82, 2.24) is 5.32 Å². The van der Waals surface area contributed by atoms with E-state index in [1.807, 2.05) is 7.05 Å². The maximum Gasteiger partial charge on any atom is 0.0701 e. The van der Waals surface area contributed by atoms with Gasteiger partial charge in [-0.2, -0.15) is 0 Å². The summed E-state index contributed by atoms with van der Waals surface area (Å²) in [5.74, 6) is 0. The molecule has 1 aromatic carbocycles. The van der Waals surface area contributed by atoms with Crippen molar-refractivity contribution in [2.24, 2.45) is 0 Å². The Morgan fingerprint density at radius 3 is 2.76 bits per heavy atom. The number of rotatable bonds is 5. The average molecular weight is 311 g/mol. The fraction of sp³-hybridized carbons (Fsp3) is 0.231. The predicted molar refractivity (Wildman–Crippen MR) is 78.6 cm³/mol. The van der Waals surface area contributed by atoms with Crippen LogP contribution in [0.25, 0.3) is 0 Å². The zero-order valence-corrected chi connectivity index (χ0v) is 12.1. The Labute approximate surface area is 114 Å². The van der Waals surface area contributed by atoms with Crippen LogP contribution in [0.15, 0.2) is 40.2 Å². The number of thiophene rings is 1. The molecule has 2 N–H and O–H groups in total. The van der Waals surface area contributed by atoms with E-state index in [1.54, 1.807) is 11.3 Å². The Bertz CT molecular complexity index is 482. The highest BCUT2D eigenvalue weighted by molar-refractivity contribution is 9.11. The Hall–Kier alpha value is -0.840. The molecule has 0 aliphatic heterocycles. The molecular formula is C13H15BrN2S. The van der Waals surface area contributed by atoms with E-state index in [-0.39, 0.29) is 0 Å². The molecule has 2 aromatic rings. The second-order valence-electron chi connectivity index (χ2n) is 3.76. The molecule has 0 fully saturated rings. The third-order valence-electron chi connectivity index (χ3n) is 2.47. The Morgan fingerprint density at radius 1 is 1.18 bits per heavy atom. The van der Waals surface area contributed by atoms with Gasteiger partial charge in [-0.15, -0.1) is 11.3 Å². The molecule has 90 valence electrons. The van der Waals surface area contributed by atoms with Crippen LogP contribution >= 0.6 is 27.3 Å². The van der Waals surface area contributed by atoms with E-state index in [9.17, 15) is 0 Å². The minimum Gasteiger partial charge on any atom is -0.388 e. The van der Waals surface area contributed by atoms with Gasteiger partial charge in [-0.25, -0.2) is 0 Å². The van der Waals surface area contributed by atoms with Gasteiger partial charge in [0.25, 0.3) is 0 Å². The predicted octanol–water partition coefficient (Wildman–Crippen LogP) is 3.84. The van der Waals surface area contributed by atoms with Crippen LogP contribution in [0.3, 0.4) is 0 Å². The summed E-state index contributed by atoms with van der Waals surface area (Å²) in [5.41, 5.74) is 2.45. The van der Waals surface area contributed by atoms with Gasteiger partial charge in [-0.1, -0.05) is 12.1 Å². The molecule has 4 heteroatoms. The summed E-state index contributed by atoms with van der Waals surface area (Å²) in [5, 5.41) is 6.59. The highest BCUT2D eigenvalue weighted by Crippen LogP contribution is 2.21. The van der Waals surface area contributed by atoms with Crippen molar-refractivity contribution in [3.8, 4) is 0 Å². The SMILES string of the molecule is CNc1cccc(CNCc2ccc(Br)s2)c1. The minimum absolute atomic E-state index is 0.894. The van der Waals surface area contributed by atoms with Crippen molar-refractivity contribution in [3.05, 3.63) is 50.6 Å². The lowest BCUT2D eigenvalue weighted by Gasteiger charge is -2.06. The fourth-order valence-electron chi connectivity index (χ4n) is 1.61. The van der Waals surface area contributed by atoms with Crippen molar-refractivity contribution in [3.63, 3.8) is 0 Å². The number of hydrogen-bond donors (Lipinski definition) is 2. The van der Waals surface area contributed by atoms with Crippen LogP contribution in [-0.2, 0) is 13.1 Å². The lowest BCUT2D eigenvalue weighted by atomic mass is 10.2. The highest BCUT2D eigenvalue weighted by Gasteiger charge is 1.98. The zero-order chi connectivity index (χ0) is 12.1. The molecular weight excluding hydrogens is 296 g/mol. The fourth-order valence-corrected chi connectivity index (χ4v) is 3.07. The van der Waals surface area contributed by atoms with Crippen molar-refractivity contribution < 1.29 is 0 Å². The first kappa shape index (κ1) is 12.6. The maximum atomic E-state index is 3.47. The molecule has 2 nitrogen and oxygen atoms in total. The number of nitrogens with one attached hydrogen (secondary N) is 2. The van der Waals surface area contributed by atoms with Gasteiger partial charge in [0, 0.05) is 30.7 Å². The monoisotopic (exact) mass is 310 g/mol. The molecule has 0 spiro atoms. The smallest absolute Gasteiger partial charge is 0.0701 e. The lowest BCUT2D eigenvalue weighted by Crippen LogP contribution is -2.11. The molecule has 1 heterocycles. The van der Waals surface area contributed by atoms with Gasteiger partial charge in [-0.05, 0) is 45.8 Å². The second-order valence-corrected chi connectivity index (χ2v) is 6.31. The lowest BCUT2D eigenvalue weighted by molar-refractivity contribution is 0.701. The van der Waals surface area contributed by atoms with Crippen molar-refractivity contribution in [1.29, 1.82) is 0 Å². The highest BCUT2D eigenvalue weighted by atomic mass is 79.9. The van der Waals surface area contributed by atoms with Crippen LogP contribution in [-0.4, -0.2) is 7.05 Å². The van der Waals surface area contributed by atoms with Gasteiger partial charge in [0.05, 0.1) is 3.79 Å². The summed E-state index contributed by atoms with van der Waals surface area (Å²) in [6.07, 6.45) is 0. The molecule has 2 rings (SSSR count). The van der Waals surface area contributed by atoms with Gasteiger partial charge in [-0.3, -0.25) is 0 Å². The molecule has 0 atom stereocenters. The van der Waals surface area contributed by atoms with E-state index < -0.39 is 0 Å². The van der Waals surface area contributed by atoms with Crippen LogP contribution in [0.1, 0.15) is 10.4 Å². The molecule has 0 saturated heterocycles. The van der Waals surface area contributed by atoms with Crippen LogP contribution in [0.4, 0.5) is 5.69 Å². The van der Waals surface area contributed by atoms with Crippen molar-refractivity contribution >= 4 is 33.0 Å².